The average molecular weight is 478 g/mol. The third kappa shape index (κ3) is 5.91. The average Bonchev–Trinajstić information content (AvgIpc) is 3.02. The van der Waals surface area contributed by atoms with Gasteiger partial charge in [-0.25, -0.2) is 8.42 Å². The lowest BCUT2D eigenvalue weighted by Gasteiger charge is -2.14. The van der Waals surface area contributed by atoms with Crippen LogP contribution < -0.4 is 15.0 Å². The van der Waals surface area contributed by atoms with Gasteiger partial charge in [-0.05, 0) is 42.8 Å². The highest BCUT2D eigenvalue weighted by atomic mass is 32.2. The lowest BCUT2D eigenvalue weighted by molar-refractivity contribution is -0.128. The molecule has 0 spiro atoms. The molecule has 8 nitrogen and oxygen atoms in total. The Balaban J connectivity index is 1.61. The van der Waals surface area contributed by atoms with Crippen molar-refractivity contribution < 1.29 is 22.7 Å². The topological polar surface area (TPSA) is 105 Å². The van der Waals surface area contributed by atoms with Crippen LogP contribution in [0.15, 0.2) is 64.4 Å². The molecule has 0 aliphatic carbocycles. The SMILES string of the molecule is CCOc1ccc(C=C2SC(=S)N(CC(=O)NNS(=O)(=O)c3ccccc3)C2=O)cc1. The molecule has 3 rings (SSSR count). The first-order valence-electron chi connectivity index (χ1n) is 9.14. The summed E-state index contributed by atoms with van der Waals surface area (Å²) in [6.07, 6.45) is 1.67. The Hall–Kier alpha value is -2.73. The summed E-state index contributed by atoms with van der Waals surface area (Å²) in [6.45, 7) is 2.03. The number of rotatable bonds is 8. The van der Waals surface area contributed by atoms with E-state index in [0.29, 0.717) is 11.5 Å². The van der Waals surface area contributed by atoms with Gasteiger partial charge in [-0.15, -0.1) is 4.83 Å². The Labute approximate surface area is 189 Å². The van der Waals surface area contributed by atoms with Gasteiger partial charge in [-0.1, -0.05) is 54.3 Å². The standard InChI is InChI=1S/C20H19N3O5S3/c1-2-28-15-10-8-14(9-11-15)12-17-19(25)23(20(29)30-17)13-18(24)21-22-31(26,27)16-6-4-3-5-7-16/h3-12,22H,2,13H2,1H3,(H,21,24). The molecule has 0 atom stereocenters. The minimum Gasteiger partial charge on any atom is -0.494 e. The van der Waals surface area contributed by atoms with E-state index in [4.69, 9.17) is 17.0 Å². The summed E-state index contributed by atoms with van der Waals surface area (Å²) < 4.78 is 29.9. The first kappa shape index (κ1) is 22.9. The summed E-state index contributed by atoms with van der Waals surface area (Å²) in [7, 11) is -3.92. The van der Waals surface area contributed by atoms with E-state index >= 15 is 0 Å². The van der Waals surface area contributed by atoms with Crippen LogP contribution in [0.5, 0.6) is 5.75 Å². The number of nitrogens with one attached hydrogen (secondary N) is 2. The van der Waals surface area contributed by atoms with Gasteiger partial charge in [0.15, 0.2) is 0 Å². The molecule has 2 aromatic rings. The van der Waals surface area contributed by atoms with Gasteiger partial charge >= 0.3 is 0 Å². The van der Waals surface area contributed by atoms with Crippen molar-refractivity contribution in [3.05, 3.63) is 65.1 Å². The summed E-state index contributed by atoms with van der Waals surface area (Å²) in [6, 6.07) is 14.8. The highest BCUT2D eigenvalue weighted by Gasteiger charge is 2.33. The molecule has 162 valence electrons. The minimum atomic E-state index is -3.92. The van der Waals surface area contributed by atoms with Gasteiger partial charge in [0.2, 0.25) is 0 Å². The van der Waals surface area contributed by atoms with Crippen LogP contribution in [0.3, 0.4) is 0 Å². The summed E-state index contributed by atoms with van der Waals surface area (Å²) >= 11 is 6.28. The molecule has 0 unspecified atom stereocenters. The van der Waals surface area contributed by atoms with Crippen molar-refractivity contribution in [1.82, 2.24) is 15.2 Å². The molecule has 0 aromatic heterocycles. The van der Waals surface area contributed by atoms with Crippen LogP contribution in [-0.4, -0.2) is 42.6 Å². The zero-order valence-electron chi connectivity index (χ0n) is 16.4. The number of ether oxygens (including phenoxy) is 1. The number of hydrogen-bond acceptors (Lipinski definition) is 7. The van der Waals surface area contributed by atoms with Crippen LogP contribution in [0, 0.1) is 0 Å². The van der Waals surface area contributed by atoms with Gasteiger partial charge in [0.25, 0.3) is 21.8 Å². The molecule has 1 saturated heterocycles. The largest absolute Gasteiger partial charge is 0.494 e. The van der Waals surface area contributed by atoms with E-state index in [1.807, 2.05) is 23.9 Å². The maximum atomic E-state index is 12.7. The van der Waals surface area contributed by atoms with Gasteiger partial charge in [0, 0.05) is 0 Å². The number of carbonyl (C=O) groups excluding carboxylic acids is 2. The van der Waals surface area contributed by atoms with Crippen LogP contribution in [-0.2, 0) is 19.6 Å². The van der Waals surface area contributed by atoms with Crippen LogP contribution in [0.4, 0.5) is 0 Å². The number of benzene rings is 2. The van der Waals surface area contributed by atoms with Crippen molar-refractivity contribution in [3.63, 3.8) is 0 Å². The molecule has 2 aromatic carbocycles. The highest BCUT2D eigenvalue weighted by Crippen LogP contribution is 2.32. The van der Waals surface area contributed by atoms with Gasteiger partial charge in [-0.3, -0.25) is 19.9 Å². The fourth-order valence-electron chi connectivity index (χ4n) is 2.58. The van der Waals surface area contributed by atoms with Crippen LogP contribution in [0.25, 0.3) is 6.08 Å². The van der Waals surface area contributed by atoms with E-state index in [2.05, 4.69) is 5.43 Å². The molecular formula is C20H19N3O5S3. The monoisotopic (exact) mass is 477 g/mol. The molecule has 31 heavy (non-hydrogen) atoms. The molecule has 1 aliphatic rings. The van der Waals surface area contributed by atoms with Crippen LogP contribution in [0.1, 0.15) is 12.5 Å². The lowest BCUT2D eigenvalue weighted by Crippen LogP contribution is -2.47. The fraction of sp³-hybridized carbons (Fsp3) is 0.150. The Morgan fingerprint density at radius 2 is 1.84 bits per heavy atom. The van der Waals surface area contributed by atoms with E-state index in [0.717, 1.165) is 28.0 Å². The zero-order valence-corrected chi connectivity index (χ0v) is 18.9. The zero-order chi connectivity index (χ0) is 22.4. The Morgan fingerprint density at radius 1 is 1.16 bits per heavy atom. The van der Waals surface area contributed by atoms with Crippen molar-refractivity contribution in [1.29, 1.82) is 0 Å². The van der Waals surface area contributed by atoms with E-state index < -0.39 is 28.4 Å². The predicted molar refractivity (Wildman–Crippen MR) is 122 cm³/mol. The number of hydrazine groups is 1. The molecule has 2 amide bonds. The molecule has 1 heterocycles. The first-order valence-corrected chi connectivity index (χ1v) is 11.8. The minimum absolute atomic E-state index is 0.000741. The smallest absolute Gasteiger partial charge is 0.266 e. The molecule has 0 radical (unpaired) electrons. The van der Waals surface area contributed by atoms with Crippen LogP contribution >= 0.6 is 24.0 Å². The lowest BCUT2D eigenvalue weighted by atomic mass is 10.2. The third-order valence-electron chi connectivity index (χ3n) is 4.04. The Kier molecular flexibility index (Phi) is 7.44. The number of amides is 2. The van der Waals surface area contributed by atoms with Crippen molar-refractivity contribution in [2.24, 2.45) is 0 Å². The number of nitrogens with zero attached hydrogens (tertiary/aromatic N) is 1. The fourth-order valence-corrected chi connectivity index (χ4v) is 4.72. The summed E-state index contributed by atoms with van der Waals surface area (Å²) in [5, 5.41) is 0. The van der Waals surface area contributed by atoms with Crippen molar-refractivity contribution >= 4 is 56.2 Å². The van der Waals surface area contributed by atoms with Crippen LogP contribution in [0.2, 0.25) is 0 Å². The Morgan fingerprint density at radius 3 is 2.48 bits per heavy atom. The summed E-state index contributed by atoms with van der Waals surface area (Å²) in [4.78, 5) is 28.3. The molecule has 1 aliphatic heterocycles. The number of thiocarbonyl (C=S) groups is 1. The molecule has 0 saturated carbocycles. The van der Waals surface area contributed by atoms with Gasteiger partial charge in [0.1, 0.15) is 16.6 Å². The second-order valence-corrected chi connectivity index (χ2v) is 9.59. The predicted octanol–water partition coefficient (Wildman–Crippen LogP) is 2.30. The van der Waals surface area contributed by atoms with E-state index in [-0.39, 0.29) is 9.22 Å². The second kappa shape index (κ2) is 10.1. The number of thioether (sulfide) groups is 1. The maximum Gasteiger partial charge on any atom is 0.266 e. The molecule has 11 heteroatoms. The maximum absolute atomic E-state index is 12.7. The second-order valence-electron chi connectivity index (χ2n) is 6.24. The van der Waals surface area contributed by atoms with Gasteiger partial charge in [-0.2, -0.15) is 0 Å². The molecule has 2 N–H and O–H groups in total. The van der Waals surface area contributed by atoms with Crippen molar-refractivity contribution in [2.75, 3.05) is 13.2 Å². The summed E-state index contributed by atoms with van der Waals surface area (Å²) in [5.41, 5.74) is 2.88. The Bertz CT molecular complexity index is 1120. The van der Waals surface area contributed by atoms with Crippen molar-refractivity contribution in [3.8, 4) is 5.75 Å². The number of hydrogen-bond donors (Lipinski definition) is 2. The summed E-state index contributed by atoms with van der Waals surface area (Å²) in [5.74, 6) is -0.426. The highest BCUT2D eigenvalue weighted by molar-refractivity contribution is 8.26. The third-order valence-corrected chi connectivity index (χ3v) is 6.68. The number of sulfonamides is 1. The van der Waals surface area contributed by atoms with E-state index in [1.54, 1.807) is 36.4 Å². The van der Waals surface area contributed by atoms with E-state index in [9.17, 15) is 18.0 Å². The van der Waals surface area contributed by atoms with Crippen molar-refractivity contribution in [2.45, 2.75) is 11.8 Å². The van der Waals surface area contributed by atoms with E-state index in [1.165, 1.54) is 12.1 Å². The van der Waals surface area contributed by atoms with Gasteiger partial charge in [0.05, 0.1) is 16.4 Å². The number of carbonyl (C=O) groups is 2. The molecular weight excluding hydrogens is 458 g/mol. The quantitative estimate of drug-likeness (QED) is 0.341. The first-order chi connectivity index (χ1) is 14.8. The molecule has 1 fully saturated rings. The normalized spacial score (nSPS) is 15.4. The molecule has 0 bridgehead atoms. The van der Waals surface area contributed by atoms with Gasteiger partial charge < -0.3 is 4.74 Å².